The van der Waals surface area contributed by atoms with Gasteiger partial charge in [0.25, 0.3) is 0 Å². The van der Waals surface area contributed by atoms with Crippen LogP contribution in [0.25, 0.3) is 0 Å². The van der Waals surface area contributed by atoms with Crippen LogP contribution in [0.15, 0.2) is 48.6 Å². The van der Waals surface area contributed by atoms with Crippen LogP contribution in [-0.2, 0) is 14.4 Å². The van der Waals surface area contributed by atoms with E-state index in [0.717, 1.165) is 5.92 Å². The van der Waals surface area contributed by atoms with E-state index >= 15 is 0 Å². The quantitative estimate of drug-likeness (QED) is 0.140. The molecule has 0 spiro atoms. The summed E-state index contributed by atoms with van der Waals surface area (Å²) in [6.45, 7) is 33.6. The van der Waals surface area contributed by atoms with Gasteiger partial charge in [-0.1, -0.05) is 184 Å². The van der Waals surface area contributed by atoms with Crippen molar-refractivity contribution in [3.8, 4) is 0 Å². The van der Waals surface area contributed by atoms with Crippen molar-refractivity contribution in [2.24, 2.45) is 41.4 Å². The summed E-state index contributed by atoms with van der Waals surface area (Å²) < 4.78 is 0. The molecule has 5 heteroatoms. The van der Waals surface area contributed by atoms with Gasteiger partial charge in [-0.25, -0.2) is 0 Å². The lowest BCUT2D eigenvalue weighted by atomic mass is 10.1. The van der Waals surface area contributed by atoms with E-state index in [2.05, 4.69) is 98.1 Å². The summed E-state index contributed by atoms with van der Waals surface area (Å²) in [6, 6.07) is 0.241. The van der Waals surface area contributed by atoms with Crippen LogP contribution >= 0.6 is 0 Å². The maximum atomic E-state index is 11.1. The van der Waals surface area contributed by atoms with E-state index in [-0.39, 0.29) is 80.0 Å². The van der Waals surface area contributed by atoms with Crippen molar-refractivity contribution >= 4 is 17.6 Å². The third-order valence-electron chi connectivity index (χ3n) is 5.06. The molecule has 0 aromatic rings. The van der Waals surface area contributed by atoms with E-state index in [1.807, 2.05) is 65.8 Å². The molecule has 0 aliphatic rings. The molecule has 0 fully saturated rings. The fourth-order valence-electron chi connectivity index (χ4n) is 2.63. The van der Waals surface area contributed by atoms with Crippen LogP contribution in [0.1, 0.15) is 168 Å². The fourth-order valence-corrected chi connectivity index (χ4v) is 2.63. The first-order chi connectivity index (χ1) is 19.7. The van der Waals surface area contributed by atoms with Gasteiger partial charge in [-0.3, -0.25) is 14.4 Å². The summed E-state index contributed by atoms with van der Waals surface area (Å²) in [7, 11) is 0. The van der Waals surface area contributed by atoms with E-state index < -0.39 is 0 Å². The SMILES string of the molecule is C.C.C.C.C.C.CC(C)/C=C/C(=O)C(C)C.CC(C)/C=C/CC(=O)NC(C)C.CC(C)/C=C/CC(C)C.CC(C)/C=C/CNC(=O)C(C)C. The highest BCUT2D eigenvalue weighted by molar-refractivity contribution is 5.91. The summed E-state index contributed by atoms with van der Waals surface area (Å²) in [5.41, 5.74) is 0. The topological polar surface area (TPSA) is 75.3 Å². The zero-order valence-electron chi connectivity index (χ0n) is 31.1. The molecule has 0 aromatic heterocycles. The van der Waals surface area contributed by atoms with E-state index in [1.165, 1.54) is 6.42 Å². The van der Waals surface area contributed by atoms with E-state index in [4.69, 9.17) is 0 Å². The summed E-state index contributed by atoms with van der Waals surface area (Å²) in [4.78, 5) is 33.1. The third kappa shape index (κ3) is 76.8. The largest absolute Gasteiger partial charge is 0.354 e. The zero-order chi connectivity index (χ0) is 34.5. The van der Waals surface area contributed by atoms with Crippen LogP contribution in [0, 0.1) is 41.4 Å². The Bertz CT molecular complexity index is 797. The number of amides is 2. The van der Waals surface area contributed by atoms with Gasteiger partial charge in [0.2, 0.25) is 11.8 Å². The fraction of sp³-hybridized carbons (Fsp3) is 0.750. The summed E-state index contributed by atoms with van der Waals surface area (Å²) in [5.74, 6) is 3.72. The van der Waals surface area contributed by atoms with Crippen LogP contribution in [0.3, 0.4) is 0 Å². The van der Waals surface area contributed by atoms with Crippen molar-refractivity contribution in [3.05, 3.63) is 48.6 Å². The van der Waals surface area contributed by atoms with E-state index in [9.17, 15) is 14.4 Å². The van der Waals surface area contributed by atoms with Gasteiger partial charge in [0, 0.05) is 30.8 Å². The molecule has 0 aliphatic carbocycles. The smallest absolute Gasteiger partial charge is 0.223 e. The van der Waals surface area contributed by atoms with Gasteiger partial charge in [-0.2, -0.15) is 0 Å². The van der Waals surface area contributed by atoms with Crippen LogP contribution in [0.2, 0.25) is 0 Å². The van der Waals surface area contributed by atoms with Crippen molar-refractivity contribution in [1.29, 1.82) is 0 Å². The Labute approximate surface area is 312 Å². The Morgan fingerprint density at radius 1 is 0.510 bits per heavy atom. The number of hydrogen-bond acceptors (Lipinski definition) is 3. The minimum atomic E-state index is 0. The molecule has 5 nitrogen and oxygen atoms in total. The molecule has 0 atom stereocenters. The van der Waals surface area contributed by atoms with Crippen LogP contribution in [0.4, 0.5) is 0 Å². The molecule has 0 heterocycles. The summed E-state index contributed by atoms with van der Waals surface area (Å²) in [5, 5.41) is 5.64. The highest BCUT2D eigenvalue weighted by Gasteiger charge is 2.03. The second-order valence-corrected chi connectivity index (χ2v) is 13.6. The molecular formula is C44H96N2O3. The predicted molar refractivity (Wildman–Crippen MR) is 231 cm³/mol. The van der Waals surface area contributed by atoms with Crippen molar-refractivity contribution in [3.63, 3.8) is 0 Å². The van der Waals surface area contributed by atoms with E-state index in [0.29, 0.717) is 36.6 Å². The minimum Gasteiger partial charge on any atom is -0.354 e. The number of rotatable bonds is 14. The Hall–Kier alpha value is -2.43. The monoisotopic (exact) mass is 701 g/mol. The van der Waals surface area contributed by atoms with Gasteiger partial charge in [0.1, 0.15) is 0 Å². The number of ketones is 1. The molecule has 2 amide bonds. The van der Waals surface area contributed by atoms with Gasteiger partial charge in [0.15, 0.2) is 5.78 Å². The lowest BCUT2D eigenvalue weighted by molar-refractivity contribution is -0.124. The molecule has 0 aromatic carbocycles. The lowest BCUT2D eigenvalue weighted by Crippen LogP contribution is -2.29. The normalized spacial score (nSPS) is 10.3. The highest BCUT2D eigenvalue weighted by Crippen LogP contribution is 2.02. The number of carbonyl (C=O) groups excluding carboxylic acids is 3. The van der Waals surface area contributed by atoms with Crippen molar-refractivity contribution in [2.75, 3.05) is 6.54 Å². The van der Waals surface area contributed by atoms with Gasteiger partial charge < -0.3 is 10.6 Å². The Kier molecular flexibility index (Phi) is 70.4. The number of nitrogens with one attached hydrogen (secondary N) is 2. The third-order valence-corrected chi connectivity index (χ3v) is 5.06. The Balaban J connectivity index is -0.0000000500. The van der Waals surface area contributed by atoms with Crippen molar-refractivity contribution < 1.29 is 14.4 Å². The lowest BCUT2D eigenvalue weighted by Gasteiger charge is -2.05. The van der Waals surface area contributed by atoms with E-state index in [1.54, 1.807) is 6.08 Å². The second-order valence-electron chi connectivity index (χ2n) is 13.6. The second kappa shape index (κ2) is 47.7. The van der Waals surface area contributed by atoms with Gasteiger partial charge in [-0.05, 0) is 55.9 Å². The Morgan fingerprint density at radius 2 is 0.898 bits per heavy atom. The predicted octanol–water partition coefficient (Wildman–Crippen LogP) is 13.6. The maximum absolute atomic E-state index is 11.1. The summed E-state index contributed by atoms with van der Waals surface area (Å²) in [6.07, 6.45) is 17.9. The number of hydrogen-bond donors (Lipinski definition) is 2. The standard InChI is InChI=1S/2C10H19NO.C9H16O.C9H18.6CH4/c1-8(2)6-5-7-11-10(12)9(3)4;1-8(2)6-5-7-10(12)11-9(3)4;1-7(2)5-6-9(10)8(3)4;1-8(2)6-5-7-9(3)4;;;;;;/h2*5-6,8-9H,7H2,1-4H3,(H,11,12);5-8H,1-4H3;5-6,8-9H,7H2,1-4H3;6*1H4/b4*6-5+;;;;;;. The maximum Gasteiger partial charge on any atom is 0.223 e. The van der Waals surface area contributed by atoms with Crippen LogP contribution in [-0.4, -0.2) is 30.2 Å². The van der Waals surface area contributed by atoms with Crippen LogP contribution in [0.5, 0.6) is 0 Å². The zero-order valence-corrected chi connectivity index (χ0v) is 31.1. The molecular weight excluding hydrogens is 604 g/mol. The summed E-state index contributed by atoms with van der Waals surface area (Å²) >= 11 is 0. The van der Waals surface area contributed by atoms with Gasteiger partial charge in [-0.15, -0.1) is 0 Å². The number of allylic oxidation sites excluding steroid dienone is 6. The first kappa shape index (κ1) is 72.3. The molecule has 0 radical (unpaired) electrons. The van der Waals surface area contributed by atoms with Crippen molar-refractivity contribution in [1.82, 2.24) is 10.6 Å². The molecule has 300 valence electrons. The molecule has 0 aliphatic heterocycles. The molecule has 49 heavy (non-hydrogen) atoms. The van der Waals surface area contributed by atoms with Crippen LogP contribution < -0.4 is 10.6 Å². The van der Waals surface area contributed by atoms with Crippen molar-refractivity contribution in [2.45, 2.75) is 174 Å². The number of carbonyl (C=O) groups is 3. The first-order valence-electron chi connectivity index (χ1n) is 16.5. The molecule has 0 bridgehead atoms. The first-order valence-corrected chi connectivity index (χ1v) is 16.5. The minimum absolute atomic E-state index is 0. The highest BCUT2D eigenvalue weighted by atomic mass is 16.2. The molecule has 0 unspecified atom stereocenters. The molecule has 0 saturated carbocycles. The van der Waals surface area contributed by atoms with Gasteiger partial charge in [0.05, 0.1) is 0 Å². The molecule has 2 N–H and O–H groups in total. The van der Waals surface area contributed by atoms with Gasteiger partial charge >= 0.3 is 0 Å². The average molecular weight is 701 g/mol. The average Bonchev–Trinajstić information content (AvgIpc) is 2.84. The molecule has 0 saturated heterocycles. The molecule has 0 rings (SSSR count). The Morgan fingerprint density at radius 3 is 1.22 bits per heavy atom.